The molecular formula is C12H16O2. The van der Waals surface area contributed by atoms with Crippen LogP contribution in [0.25, 0.3) is 6.08 Å². The van der Waals surface area contributed by atoms with Crippen molar-refractivity contribution in [1.29, 1.82) is 0 Å². The fourth-order valence-electron chi connectivity index (χ4n) is 0.939. The van der Waals surface area contributed by atoms with Crippen molar-refractivity contribution in [2.24, 2.45) is 0 Å². The van der Waals surface area contributed by atoms with Gasteiger partial charge in [-0.2, -0.15) is 0 Å². The summed E-state index contributed by atoms with van der Waals surface area (Å²) in [7, 11) is 1.68. The average molecular weight is 192 g/mol. The molecule has 0 saturated carbocycles. The van der Waals surface area contributed by atoms with Crippen LogP contribution in [0.3, 0.4) is 0 Å². The lowest BCUT2D eigenvalue weighted by Gasteiger charge is -1.85. The Morgan fingerprint density at radius 3 is 2.43 bits per heavy atom. The van der Waals surface area contributed by atoms with E-state index >= 15 is 0 Å². The molecule has 1 fully saturated rings. The minimum absolute atomic E-state index is 0.426. The molecule has 0 N–H and O–H groups in total. The van der Waals surface area contributed by atoms with Gasteiger partial charge in [-0.1, -0.05) is 43.0 Å². The van der Waals surface area contributed by atoms with Gasteiger partial charge in [-0.3, -0.25) is 0 Å². The lowest BCUT2D eigenvalue weighted by atomic mass is 10.2. The van der Waals surface area contributed by atoms with Crippen molar-refractivity contribution >= 4 is 6.08 Å². The van der Waals surface area contributed by atoms with Gasteiger partial charge < -0.3 is 9.47 Å². The van der Waals surface area contributed by atoms with Gasteiger partial charge in [0.2, 0.25) is 0 Å². The molecular weight excluding hydrogens is 176 g/mol. The van der Waals surface area contributed by atoms with Crippen LogP contribution in [0, 0.1) is 0 Å². The average Bonchev–Trinajstić information content (AvgIpc) is 3.05. The summed E-state index contributed by atoms with van der Waals surface area (Å²) in [4.78, 5) is 0. The van der Waals surface area contributed by atoms with Crippen LogP contribution in [0.4, 0.5) is 0 Å². The fraction of sp³-hybridized carbons (Fsp3) is 0.333. The highest BCUT2D eigenvalue weighted by Gasteiger charge is 2.21. The zero-order valence-corrected chi connectivity index (χ0v) is 8.48. The lowest BCUT2D eigenvalue weighted by Crippen LogP contribution is -1.94. The Morgan fingerprint density at radius 2 is 2.14 bits per heavy atom. The highest BCUT2D eigenvalue weighted by atomic mass is 16.6. The standard InChI is InChI=1S/C8H8.C4H8O2/c1-2-8-6-4-3-5-7-8;1-5-2-4-3-6-4/h2-7H,1H2;4H,2-3H2,1H3. The van der Waals surface area contributed by atoms with E-state index in [2.05, 4.69) is 6.58 Å². The SMILES string of the molecule is C=Cc1ccccc1.COCC1CO1. The number of methoxy groups -OCH3 is 1. The van der Waals surface area contributed by atoms with Crippen LogP contribution in [0.1, 0.15) is 5.56 Å². The molecule has 76 valence electrons. The number of ether oxygens (including phenoxy) is 2. The molecule has 2 rings (SSSR count). The third-order valence-corrected chi connectivity index (χ3v) is 1.79. The summed E-state index contributed by atoms with van der Waals surface area (Å²) in [6, 6.07) is 10.0. The Balaban J connectivity index is 0.000000146. The molecule has 0 aliphatic carbocycles. The summed E-state index contributed by atoms with van der Waals surface area (Å²) in [6.07, 6.45) is 2.26. The molecule has 2 nitrogen and oxygen atoms in total. The molecule has 0 amide bonds. The molecule has 0 bridgehead atoms. The Morgan fingerprint density at radius 1 is 1.50 bits per heavy atom. The highest BCUT2D eigenvalue weighted by molar-refractivity contribution is 5.45. The van der Waals surface area contributed by atoms with E-state index in [1.165, 1.54) is 5.56 Å². The Labute approximate surface area is 85.2 Å². The van der Waals surface area contributed by atoms with Gasteiger partial charge in [0.25, 0.3) is 0 Å². The van der Waals surface area contributed by atoms with E-state index < -0.39 is 0 Å². The zero-order valence-electron chi connectivity index (χ0n) is 8.48. The first-order chi connectivity index (χ1) is 6.86. The summed E-state index contributed by atoms with van der Waals surface area (Å²) in [5.74, 6) is 0. The van der Waals surface area contributed by atoms with Gasteiger partial charge in [-0.05, 0) is 5.56 Å². The molecule has 1 saturated heterocycles. The molecule has 1 heterocycles. The zero-order chi connectivity index (χ0) is 10.2. The van der Waals surface area contributed by atoms with Crippen molar-refractivity contribution < 1.29 is 9.47 Å². The third-order valence-electron chi connectivity index (χ3n) is 1.79. The normalized spacial score (nSPS) is 17.9. The minimum atomic E-state index is 0.426. The monoisotopic (exact) mass is 192 g/mol. The van der Waals surface area contributed by atoms with E-state index in [-0.39, 0.29) is 0 Å². The molecule has 1 aliphatic heterocycles. The lowest BCUT2D eigenvalue weighted by molar-refractivity contribution is 0.171. The maximum atomic E-state index is 4.82. The molecule has 1 aliphatic rings. The van der Waals surface area contributed by atoms with Gasteiger partial charge in [0.15, 0.2) is 0 Å². The number of benzene rings is 1. The molecule has 0 radical (unpaired) electrons. The second-order valence-corrected chi connectivity index (χ2v) is 3.03. The molecule has 1 aromatic carbocycles. The smallest absolute Gasteiger partial charge is 0.104 e. The van der Waals surface area contributed by atoms with Crippen LogP contribution >= 0.6 is 0 Å². The van der Waals surface area contributed by atoms with Gasteiger partial charge in [-0.15, -0.1) is 0 Å². The number of epoxide rings is 1. The molecule has 2 heteroatoms. The second kappa shape index (κ2) is 6.35. The molecule has 0 spiro atoms. The van der Waals surface area contributed by atoms with Crippen molar-refractivity contribution in [2.75, 3.05) is 20.3 Å². The van der Waals surface area contributed by atoms with Crippen molar-refractivity contribution in [3.8, 4) is 0 Å². The highest BCUT2D eigenvalue weighted by Crippen LogP contribution is 2.06. The quantitative estimate of drug-likeness (QED) is 0.686. The molecule has 1 atom stereocenters. The summed E-state index contributed by atoms with van der Waals surface area (Å²) in [5.41, 5.74) is 1.17. The summed E-state index contributed by atoms with van der Waals surface area (Å²) in [6.45, 7) is 5.29. The second-order valence-electron chi connectivity index (χ2n) is 3.03. The number of hydrogen-bond acceptors (Lipinski definition) is 2. The first-order valence-corrected chi connectivity index (χ1v) is 4.65. The molecule has 1 aromatic rings. The van der Waals surface area contributed by atoms with Crippen LogP contribution in [-0.2, 0) is 9.47 Å². The van der Waals surface area contributed by atoms with E-state index in [1.807, 2.05) is 36.4 Å². The Bertz CT molecular complexity index is 252. The van der Waals surface area contributed by atoms with Crippen molar-refractivity contribution in [3.63, 3.8) is 0 Å². The van der Waals surface area contributed by atoms with E-state index in [1.54, 1.807) is 7.11 Å². The Kier molecular flexibility index (Phi) is 4.97. The summed E-state index contributed by atoms with van der Waals surface area (Å²) < 4.78 is 9.56. The van der Waals surface area contributed by atoms with Crippen molar-refractivity contribution in [1.82, 2.24) is 0 Å². The van der Waals surface area contributed by atoms with E-state index in [0.29, 0.717) is 6.10 Å². The molecule has 14 heavy (non-hydrogen) atoms. The van der Waals surface area contributed by atoms with Gasteiger partial charge in [-0.25, -0.2) is 0 Å². The maximum absolute atomic E-state index is 4.82. The van der Waals surface area contributed by atoms with Crippen LogP contribution in [0.2, 0.25) is 0 Å². The third kappa shape index (κ3) is 4.80. The predicted octanol–water partition coefficient (Wildman–Crippen LogP) is 2.36. The first-order valence-electron chi connectivity index (χ1n) is 4.65. The fourth-order valence-corrected chi connectivity index (χ4v) is 0.939. The number of rotatable bonds is 3. The van der Waals surface area contributed by atoms with Gasteiger partial charge in [0, 0.05) is 7.11 Å². The van der Waals surface area contributed by atoms with Gasteiger partial charge in [0.1, 0.15) is 6.10 Å². The van der Waals surface area contributed by atoms with Crippen LogP contribution in [0.5, 0.6) is 0 Å². The van der Waals surface area contributed by atoms with Crippen molar-refractivity contribution in [2.45, 2.75) is 6.10 Å². The largest absolute Gasteiger partial charge is 0.382 e. The van der Waals surface area contributed by atoms with Crippen LogP contribution in [0.15, 0.2) is 36.9 Å². The minimum Gasteiger partial charge on any atom is -0.382 e. The van der Waals surface area contributed by atoms with Crippen LogP contribution < -0.4 is 0 Å². The van der Waals surface area contributed by atoms with E-state index in [9.17, 15) is 0 Å². The first kappa shape index (κ1) is 11.0. The van der Waals surface area contributed by atoms with E-state index in [0.717, 1.165) is 13.2 Å². The topological polar surface area (TPSA) is 21.8 Å². The predicted molar refractivity (Wildman–Crippen MR) is 58.1 cm³/mol. The Hall–Kier alpha value is -1.12. The summed E-state index contributed by atoms with van der Waals surface area (Å²) >= 11 is 0. The molecule has 0 aromatic heterocycles. The van der Waals surface area contributed by atoms with Crippen molar-refractivity contribution in [3.05, 3.63) is 42.5 Å². The van der Waals surface area contributed by atoms with Gasteiger partial charge in [0.05, 0.1) is 13.2 Å². The van der Waals surface area contributed by atoms with Gasteiger partial charge >= 0.3 is 0 Å². The van der Waals surface area contributed by atoms with E-state index in [4.69, 9.17) is 9.47 Å². The maximum Gasteiger partial charge on any atom is 0.104 e. The molecule has 1 unspecified atom stereocenters. The summed E-state index contributed by atoms with van der Waals surface area (Å²) in [5, 5.41) is 0. The number of hydrogen-bond donors (Lipinski definition) is 0. The van der Waals surface area contributed by atoms with Crippen LogP contribution in [-0.4, -0.2) is 26.4 Å².